The van der Waals surface area contributed by atoms with Crippen molar-refractivity contribution in [2.75, 3.05) is 10.6 Å². The van der Waals surface area contributed by atoms with Gasteiger partial charge in [0.1, 0.15) is 22.3 Å². The minimum atomic E-state index is -4.54. The molecule has 0 unspecified atom stereocenters. The van der Waals surface area contributed by atoms with Gasteiger partial charge in [-0.15, -0.1) is 0 Å². The lowest BCUT2D eigenvalue weighted by Crippen LogP contribution is -2.12. The number of nitrogens with zero attached hydrogens (tertiary/aromatic N) is 5. The molecule has 0 aliphatic rings. The predicted octanol–water partition coefficient (Wildman–Crippen LogP) is 5.05. The number of aromatic nitrogens is 5. The average Bonchev–Trinajstić information content (AvgIpc) is 3.39. The van der Waals surface area contributed by atoms with Crippen LogP contribution in [0.2, 0.25) is 5.15 Å². The molecule has 0 aliphatic heterocycles. The van der Waals surface area contributed by atoms with Gasteiger partial charge in [-0.3, -0.25) is 9.20 Å². The Hall–Kier alpha value is -4.12. The highest BCUT2D eigenvalue weighted by Crippen LogP contribution is 2.30. The molecule has 0 spiro atoms. The quantitative estimate of drug-likeness (QED) is 0.383. The van der Waals surface area contributed by atoms with Gasteiger partial charge in [0.15, 0.2) is 11.3 Å². The van der Waals surface area contributed by atoms with E-state index in [9.17, 15) is 18.0 Å². The first-order valence-electron chi connectivity index (χ1n) is 9.52. The molecule has 1 aromatic carbocycles. The van der Waals surface area contributed by atoms with Crippen LogP contribution in [0.4, 0.5) is 30.4 Å². The average molecular weight is 472 g/mol. The number of alkyl halides is 3. The molecular weight excluding hydrogens is 459 g/mol. The zero-order valence-corrected chi connectivity index (χ0v) is 17.3. The number of anilines is 3. The van der Waals surface area contributed by atoms with Crippen LogP contribution in [0.15, 0.2) is 67.0 Å². The standard InChI is InChI=1S/C21H13ClF3N7O/c22-16-8-9-19-28-14(10-32(19)30-16)20(33)27-13-6-4-12(5-7-13)26-17-2-1-3-18-29-15(11-31(17)18)21(23,24)25/h1-11,26H,(H,27,33). The maximum absolute atomic E-state index is 13.0. The third kappa shape index (κ3) is 4.17. The SMILES string of the molecule is O=C(Nc1ccc(Nc2cccc3nc(C(F)(F)F)cn23)cc1)c1cn2nc(Cl)ccc2n1. The molecule has 0 saturated carbocycles. The molecule has 2 N–H and O–H groups in total. The molecule has 0 bridgehead atoms. The summed E-state index contributed by atoms with van der Waals surface area (Å²) in [5, 5.41) is 10.1. The summed E-state index contributed by atoms with van der Waals surface area (Å²) in [6.07, 6.45) is -2.14. The third-order valence-electron chi connectivity index (χ3n) is 4.72. The highest BCUT2D eigenvalue weighted by atomic mass is 35.5. The van der Waals surface area contributed by atoms with Crippen molar-refractivity contribution in [2.24, 2.45) is 0 Å². The number of carbonyl (C=O) groups is 1. The lowest BCUT2D eigenvalue weighted by atomic mass is 10.2. The van der Waals surface area contributed by atoms with E-state index in [1.165, 1.54) is 21.2 Å². The summed E-state index contributed by atoms with van der Waals surface area (Å²) in [5.74, 6) is -0.0247. The van der Waals surface area contributed by atoms with Crippen LogP contribution in [0.5, 0.6) is 0 Å². The van der Waals surface area contributed by atoms with Gasteiger partial charge in [-0.2, -0.15) is 18.3 Å². The minimum absolute atomic E-state index is 0.166. The normalized spacial score (nSPS) is 11.8. The topological polar surface area (TPSA) is 88.6 Å². The zero-order valence-electron chi connectivity index (χ0n) is 16.5. The van der Waals surface area contributed by atoms with Crippen LogP contribution in [0.3, 0.4) is 0 Å². The van der Waals surface area contributed by atoms with Crippen molar-refractivity contribution in [2.45, 2.75) is 6.18 Å². The van der Waals surface area contributed by atoms with E-state index in [1.807, 2.05) is 0 Å². The molecule has 0 radical (unpaired) electrons. The van der Waals surface area contributed by atoms with Crippen LogP contribution in [0.25, 0.3) is 11.3 Å². The first-order chi connectivity index (χ1) is 15.8. The number of pyridine rings is 1. The fourth-order valence-corrected chi connectivity index (χ4v) is 3.34. The molecule has 8 nitrogen and oxygen atoms in total. The summed E-state index contributed by atoms with van der Waals surface area (Å²) in [6.45, 7) is 0. The highest BCUT2D eigenvalue weighted by molar-refractivity contribution is 6.29. The van der Waals surface area contributed by atoms with Gasteiger partial charge in [0.2, 0.25) is 0 Å². The Labute approximate surface area is 188 Å². The van der Waals surface area contributed by atoms with Crippen LogP contribution in [-0.2, 0) is 6.18 Å². The molecule has 5 aromatic rings. The van der Waals surface area contributed by atoms with Crippen LogP contribution in [0, 0.1) is 0 Å². The van der Waals surface area contributed by atoms with Gasteiger partial charge in [-0.25, -0.2) is 14.5 Å². The first kappa shape index (κ1) is 20.8. The zero-order chi connectivity index (χ0) is 23.2. The van der Waals surface area contributed by atoms with E-state index in [4.69, 9.17) is 11.6 Å². The van der Waals surface area contributed by atoms with Crippen LogP contribution in [-0.4, -0.2) is 29.9 Å². The maximum atomic E-state index is 13.0. The number of rotatable bonds is 4. The van der Waals surface area contributed by atoms with Gasteiger partial charge >= 0.3 is 6.18 Å². The van der Waals surface area contributed by atoms with E-state index in [1.54, 1.807) is 48.5 Å². The van der Waals surface area contributed by atoms with E-state index in [0.29, 0.717) is 22.8 Å². The molecule has 0 atom stereocenters. The number of hydrogen-bond donors (Lipinski definition) is 2. The van der Waals surface area contributed by atoms with Crippen molar-refractivity contribution in [1.82, 2.24) is 24.0 Å². The molecule has 4 aromatic heterocycles. The molecule has 0 fully saturated rings. The molecule has 12 heteroatoms. The van der Waals surface area contributed by atoms with E-state index >= 15 is 0 Å². The van der Waals surface area contributed by atoms with Gasteiger partial charge < -0.3 is 10.6 Å². The Morgan fingerprint density at radius 2 is 1.67 bits per heavy atom. The van der Waals surface area contributed by atoms with Gasteiger partial charge in [0, 0.05) is 17.6 Å². The third-order valence-corrected chi connectivity index (χ3v) is 4.92. The second kappa shape index (κ2) is 7.78. The lowest BCUT2D eigenvalue weighted by Gasteiger charge is -2.10. The van der Waals surface area contributed by atoms with E-state index in [0.717, 1.165) is 6.20 Å². The van der Waals surface area contributed by atoms with Crippen molar-refractivity contribution in [1.29, 1.82) is 0 Å². The number of nitrogens with one attached hydrogen (secondary N) is 2. The number of benzene rings is 1. The largest absolute Gasteiger partial charge is 0.434 e. The number of imidazole rings is 2. The maximum Gasteiger partial charge on any atom is 0.434 e. The molecular formula is C21H13ClF3N7O. The highest BCUT2D eigenvalue weighted by Gasteiger charge is 2.34. The number of fused-ring (bicyclic) bond motifs is 2. The Kier molecular flexibility index (Phi) is 4.90. The van der Waals surface area contributed by atoms with Gasteiger partial charge in [-0.1, -0.05) is 17.7 Å². The number of amides is 1. The summed E-state index contributed by atoms with van der Waals surface area (Å²) < 4.78 is 41.7. The van der Waals surface area contributed by atoms with Crippen molar-refractivity contribution in [3.63, 3.8) is 0 Å². The monoisotopic (exact) mass is 471 g/mol. The van der Waals surface area contributed by atoms with Gasteiger partial charge in [0.05, 0.1) is 6.20 Å². The Balaban J connectivity index is 1.32. The summed E-state index contributed by atoms with van der Waals surface area (Å²) in [5.41, 5.74) is 0.951. The first-order valence-corrected chi connectivity index (χ1v) is 9.90. The molecule has 4 heterocycles. The molecule has 0 aliphatic carbocycles. The molecule has 1 amide bonds. The lowest BCUT2D eigenvalue weighted by molar-refractivity contribution is -0.140. The summed E-state index contributed by atoms with van der Waals surface area (Å²) in [4.78, 5) is 20.3. The fraction of sp³-hybridized carbons (Fsp3) is 0.0476. The fourth-order valence-electron chi connectivity index (χ4n) is 3.20. The number of halogens is 4. The van der Waals surface area contributed by atoms with Gasteiger partial charge in [-0.05, 0) is 48.5 Å². The Bertz CT molecular complexity index is 1490. The number of carbonyl (C=O) groups excluding carboxylic acids is 1. The van der Waals surface area contributed by atoms with E-state index < -0.39 is 17.8 Å². The van der Waals surface area contributed by atoms with Crippen LogP contribution in [0.1, 0.15) is 16.2 Å². The van der Waals surface area contributed by atoms with Crippen LogP contribution >= 0.6 is 11.6 Å². The summed E-state index contributed by atoms with van der Waals surface area (Å²) in [6, 6.07) is 14.6. The Morgan fingerprint density at radius 3 is 2.42 bits per heavy atom. The minimum Gasteiger partial charge on any atom is -0.341 e. The van der Waals surface area contributed by atoms with Crippen molar-refractivity contribution >= 4 is 46.0 Å². The molecule has 33 heavy (non-hydrogen) atoms. The Morgan fingerprint density at radius 1 is 0.909 bits per heavy atom. The molecule has 166 valence electrons. The smallest absolute Gasteiger partial charge is 0.341 e. The van der Waals surface area contributed by atoms with E-state index in [2.05, 4.69) is 25.7 Å². The van der Waals surface area contributed by atoms with Crippen LogP contribution < -0.4 is 10.6 Å². The second-order valence-electron chi connectivity index (χ2n) is 7.00. The van der Waals surface area contributed by atoms with Crippen molar-refractivity contribution in [3.05, 3.63) is 83.5 Å². The second-order valence-corrected chi connectivity index (χ2v) is 7.39. The van der Waals surface area contributed by atoms with E-state index in [-0.39, 0.29) is 16.5 Å². The summed E-state index contributed by atoms with van der Waals surface area (Å²) >= 11 is 5.84. The van der Waals surface area contributed by atoms with Crippen molar-refractivity contribution in [3.8, 4) is 0 Å². The van der Waals surface area contributed by atoms with Crippen molar-refractivity contribution < 1.29 is 18.0 Å². The van der Waals surface area contributed by atoms with Gasteiger partial charge in [0.25, 0.3) is 5.91 Å². The molecule has 0 saturated heterocycles. The molecule has 5 rings (SSSR count). The predicted molar refractivity (Wildman–Crippen MR) is 116 cm³/mol. The number of hydrogen-bond acceptors (Lipinski definition) is 5. The summed E-state index contributed by atoms with van der Waals surface area (Å²) in [7, 11) is 0.